The fourth-order valence-electron chi connectivity index (χ4n) is 2.79. The lowest BCUT2D eigenvalue weighted by Gasteiger charge is -2.29. The number of hydrogen-bond donors (Lipinski definition) is 2. The molecule has 0 aliphatic rings. The van der Waals surface area contributed by atoms with Crippen molar-refractivity contribution in [2.24, 2.45) is 5.92 Å². The first-order valence-electron chi connectivity index (χ1n) is 8.50. The minimum absolute atomic E-state index is 0.0658. The van der Waals surface area contributed by atoms with Crippen molar-refractivity contribution < 1.29 is 5.11 Å². The molecule has 0 aliphatic carbocycles. The van der Waals surface area contributed by atoms with E-state index >= 15 is 0 Å². The Labute approximate surface area is 147 Å². The number of aliphatic hydroxyl groups is 1. The van der Waals surface area contributed by atoms with Crippen LogP contribution in [0.1, 0.15) is 50.4 Å². The van der Waals surface area contributed by atoms with Gasteiger partial charge in [0.2, 0.25) is 0 Å². The second kappa shape index (κ2) is 7.33. The summed E-state index contributed by atoms with van der Waals surface area (Å²) in [6.07, 6.45) is 1.04. The summed E-state index contributed by atoms with van der Waals surface area (Å²) in [5.74, 6) is 1.26. The standard InChI is InChI=1S/C18H29N3O2S/c1-11(2)7-8-21(10-18(5,6)23)9-14-19-16(22)15-12(3)13(4)24-17(15)20-14/h11,23H,7-10H2,1-6H3,(H,19,20,22). The highest BCUT2D eigenvalue weighted by molar-refractivity contribution is 7.18. The molecule has 2 N–H and O–H groups in total. The minimum atomic E-state index is -0.780. The Kier molecular flexibility index (Phi) is 5.83. The van der Waals surface area contributed by atoms with Gasteiger partial charge in [-0.25, -0.2) is 4.98 Å². The molecule has 0 amide bonds. The van der Waals surface area contributed by atoms with Crippen molar-refractivity contribution in [3.05, 3.63) is 26.6 Å². The third-order valence-corrected chi connectivity index (χ3v) is 5.20. The first-order valence-corrected chi connectivity index (χ1v) is 9.32. The first kappa shape index (κ1) is 19.1. The van der Waals surface area contributed by atoms with Gasteiger partial charge in [0.15, 0.2) is 0 Å². The van der Waals surface area contributed by atoms with Crippen LogP contribution in [0.2, 0.25) is 0 Å². The number of hydrogen-bond acceptors (Lipinski definition) is 5. The average molecular weight is 352 g/mol. The van der Waals surface area contributed by atoms with Crippen molar-refractivity contribution in [2.45, 2.75) is 60.1 Å². The number of aromatic nitrogens is 2. The van der Waals surface area contributed by atoms with Crippen LogP contribution in [-0.2, 0) is 6.54 Å². The predicted molar refractivity (Wildman–Crippen MR) is 101 cm³/mol. The lowest BCUT2D eigenvalue weighted by atomic mass is 10.1. The van der Waals surface area contributed by atoms with Gasteiger partial charge in [0, 0.05) is 11.4 Å². The quantitative estimate of drug-likeness (QED) is 0.803. The van der Waals surface area contributed by atoms with Gasteiger partial charge in [-0.05, 0) is 52.1 Å². The molecule has 2 heterocycles. The van der Waals surface area contributed by atoms with Gasteiger partial charge in [-0.2, -0.15) is 0 Å². The van der Waals surface area contributed by atoms with Gasteiger partial charge in [-0.15, -0.1) is 11.3 Å². The van der Waals surface area contributed by atoms with Gasteiger partial charge in [-0.3, -0.25) is 9.69 Å². The molecule has 0 radical (unpaired) electrons. The Balaban J connectivity index is 2.27. The SMILES string of the molecule is Cc1sc2nc(CN(CCC(C)C)CC(C)(C)O)[nH]c(=O)c2c1C. The zero-order chi connectivity index (χ0) is 18.1. The van der Waals surface area contributed by atoms with E-state index in [0.717, 1.165) is 28.2 Å². The van der Waals surface area contributed by atoms with Gasteiger partial charge >= 0.3 is 0 Å². The molecular formula is C18H29N3O2S. The van der Waals surface area contributed by atoms with E-state index in [2.05, 4.69) is 28.7 Å². The Hall–Kier alpha value is -1.24. The number of nitrogens with one attached hydrogen (secondary N) is 1. The largest absolute Gasteiger partial charge is 0.389 e. The molecule has 0 bridgehead atoms. The predicted octanol–water partition coefficient (Wildman–Crippen LogP) is 3.22. The highest BCUT2D eigenvalue weighted by Gasteiger charge is 2.20. The molecule has 6 heteroatoms. The van der Waals surface area contributed by atoms with Gasteiger partial charge in [0.05, 0.1) is 17.5 Å². The first-order chi connectivity index (χ1) is 11.1. The number of thiophene rings is 1. The molecule has 0 aromatic carbocycles. The Bertz CT molecular complexity index is 756. The topological polar surface area (TPSA) is 69.2 Å². The van der Waals surface area contributed by atoms with Crippen LogP contribution in [-0.4, -0.2) is 38.7 Å². The number of rotatable bonds is 7. The third kappa shape index (κ3) is 4.88. The summed E-state index contributed by atoms with van der Waals surface area (Å²) in [5.41, 5.74) is 0.171. The zero-order valence-electron chi connectivity index (χ0n) is 15.6. The minimum Gasteiger partial charge on any atom is -0.389 e. The zero-order valence-corrected chi connectivity index (χ0v) is 16.4. The summed E-state index contributed by atoms with van der Waals surface area (Å²) in [5, 5.41) is 10.9. The summed E-state index contributed by atoms with van der Waals surface area (Å²) < 4.78 is 0. The molecule has 0 saturated heterocycles. The Morgan fingerprint density at radius 1 is 1.33 bits per heavy atom. The van der Waals surface area contributed by atoms with Crippen LogP contribution in [0.25, 0.3) is 10.2 Å². The second-order valence-electron chi connectivity index (χ2n) is 7.68. The average Bonchev–Trinajstić information content (AvgIpc) is 2.70. The third-order valence-electron chi connectivity index (χ3n) is 4.09. The van der Waals surface area contributed by atoms with E-state index in [4.69, 9.17) is 0 Å². The van der Waals surface area contributed by atoms with Crippen LogP contribution < -0.4 is 5.56 Å². The normalized spacial score (nSPS) is 12.7. The van der Waals surface area contributed by atoms with E-state index in [1.807, 2.05) is 13.8 Å². The van der Waals surface area contributed by atoms with Crippen molar-refractivity contribution in [3.8, 4) is 0 Å². The Morgan fingerprint density at radius 3 is 2.58 bits per heavy atom. The smallest absolute Gasteiger partial charge is 0.259 e. The number of nitrogens with zero attached hydrogens (tertiary/aromatic N) is 2. The molecule has 2 aromatic rings. The number of H-pyrrole nitrogens is 1. The number of fused-ring (bicyclic) bond motifs is 1. The van der Waals surface area contributed by atoms with Crippen molar-refractivity contribution in [2.75, 3.05) is 13.1 Å². The van der Waals surface area contributed by atoms with E-state index in [9.17, 15) is 9.90 Å². The molecule has 0 atom stereocenters. The van der Waals surface area contributed by atoms with Gasteiger partial charge in [-0.1, -0.05) is 13.8 Å². The summed E-state index contributed by atoms with van der Waals surface area (Å²) in [6, 6.07) is 0. The van der Waals surface area contributed by atoms with Crippen molar-refractivity contribution >= 4 is 21.6 Å². The van der Waals surface area contributed by atoms with Crippen molar-refractivity contribution in [1.29, 1.82) is 0 Å². The maximum absolute atomic E-state index is 12.4. The fraction of sp³-hybridized carbons (Fsp3) is 0.667. The highest BCUT2D eigenvalue weighted by Crippen LogP contribution is 2.25. The van der Waals surface area contributed by atoms with E-state index in [1.165, 1.54) is 0 Å². The molecule has 134 valence electrons. The summed E-state index contributed by atoms with van der Waals surface area (Å²) in [4.78, 5) is 24.1. The van der Waals surface area contributed by atoms with E-state index in [-0.39, 0.29) is 5.56 Å². The summed E-state index contributed by atoms with van der Waals surface area (Å²) >= 11 is 1.57. The number of aryl methyl sites for hydroxylation is 2. The molecule has 5 nitrogen and oxygen atoms in total. The summed E-state index contributed by atoms with van der Waals surface area (Å²) in [7, 11) is 0. The molecule has 0 aliphatic heterocycles. The fourth-order valence-corrected chi connectivity index (χ4v) is 3.84. The molecular weight excluding hydrogens is 322 g/mol. The monoisotopic (exact) mass is 351 g/mol. The second-order valence-corrected chi connectivity index (χ2v) is 8.88. The van der Waals surface area contributed by atoms with Gasteiger partial charge in [0.1, 0.15) is 10.7 Å². The van der Waals surface area contributed by atoms with E-state index in [1.54, 1.807) is 25.2 Å². The lowest BCUT2D eigenvalue weighted by molar-refractivity contribution is 0.0312. The molecule has 0 saturated carbocycles. The van der Waals surface area contributed by atoms with Crippen LogP contribution >= 0.6 is 11.3 Å². The van der Waals surface area contributed by atoms with E-state index in [0.29, 0.717) is 30.2 Å². The maximum atomic E-state index is 12.4. The van der Waals surface area contributed by atoms with Crippen molar-refractivity contribution in [3.63, 3.8) is 0 Å². The molecule has 2 aromatic heterocycles. The highest BCUT2D eigenvalue weighted by atomic mass is 32.1. The number of aromatic amines is 1. The van der Waals surface area contributed by atoms with Crippen LogP contribution in [0.3, 0.4) is 0 Å². The molecule has 2 rings (SSSR count). The molecule has 0 fully saturated rings. The van der Waals surface area contributed by atoms with Crippen LogP contribution in [0.15, 0.2) is 4.79 Å². The molecule has 0 spiro atoms. The maximum Gasteiger partial charge on any atom is 0.259 e. The van der Waals surface area contributed by atoms with Crippen molar-refractivity contribution in [1.82, 2.24) is 14.9 Å². The lowest BCUT2D eigenvalue weighted by Crippen LogP contribution is -2.39. The van der Waals surface area contributed by atoms with Crippen LogP contribution in [0, 0.1) is 19.8 Å². The summed E-state index contributed by atoms with van der Waals surface area (Å²) in [6.45, 7) is 13.9. The van der Waals surface area contributed by atoms with Crippen LogP contribution in [0.5, 0.6) is 0 Å². The van der Waals surface area contributed by atoms with Gasteiger partial charge < -0.3 is 10.1 Å². The molecule has 0 unspecified atom stereocenters. The van der Waals surface area contributed by atoms with E-state index < -0.39 is 5.60 Å². The molecule has 24 heavy (non-hydrogen) atoms. The van der Waals surface area contributed by atoms with Crippen LogP contribution in [0.4, 0.5) is 0 Å². The Morgan fingerprint density at radius 2 is 2.00 bits per heavy atom. The van der Waals surface area contributed by atoms with Gasteiger partial charge in [0.25, 0.3) is 5.56 Å².